The van der Waals surface area contributed by atoms with E-state index in [1.54, 1.807) is 0 Å². The van der Waals surface area contributed by atoms with Crippen LogP contribution in [0.15, 0.2) is 12.1 Å². The van der Waals surface area contributed by atoms with Crippen LogP contribution in [0.25, 0.3) is 0 Å². The highest BCUT2D eigenvalue weighted by molar-refractivity contribution is 7.10. The van der Waals surface area contributed by atoms with Crippen LogP contribution < -0.4 is 14.6 Å². The van der Waals surface area contributed by atoms with E-state index >= 15 is 0 Å². The monoisotopic (exact) mass is 345 g/mol. The third-order valence-corrected chi connectivity index (χ3v) is 8.48. The van der Waals surface area contributed by atoms with Crippen LogP contribution in [0, 0.1) is 5.41 Å². The molecule has 0 aromatic heterocycles. The predicted molar refractivity (Wildman–Crippen MR) is 93.6 cm³/mol. The minimum atomic E-state index is -0.130. The van der Waals surface area contributed by atoms with Gasteiger partial charge in [0.2, 0.25) is 0 Å². The number of hydrogen-bond acceptors (Lipinski definition) is 4. The summed E-state index contributed by atoms with van der Waals surface area (Å²) in [6.45, 7) is 1.08. The molecule has 1 saturated heterocycles. The molecule has 24 heavy (non-hydrogen) atoms. The summed E-state index contributed by atoms with van der Waals surface area (Å²) in [5, 5.41) is 3.87. The fourth-order valence-electron chi connectivity index (χ4n) is 7.32. The molecule has 1 N–H and O–H groups in total. The maximum atomic E-state index is 6.73. The molecule has 6 aliphatic rings. The molecule has 2 spiro atoms. The fraction of sp³-hybridized carbons (Fsp3) is 0.684. The van der Waals surface area contributed by atoms with E-state index in [9.17, 15) is 0 Å². The van der Waals surface area contributed by atoms with Gasteiger partial charge in [0.1, 0.15) is 11.7 Å². The zero-order valence-electron chi connectivity index (χ0n) is 14.1. The van der Waals surface area contributed by atoms with Gasteiger partial charge < -0.3 is 19.3 Å². The predicted octanol–water partition coefficient (Wildman–Crippen LogP) is 2.73. The molecule has 7 rings (SSSR count). The summed E-state index contributed by atoms with van der Waals surface area (Å²) in [4.78, 5) is 0. The molecule has 0 radical (unpaired) electrons. The van der Waals surface area contributed by atoms with E-state index in [0.29, 0.717) is 11.5 Å². The second kappa shape index (κ2) is 4.28. The summed E-state index contributed by atoms with van der Waals surface area (Å²) < 4.78 is 18.5. The van der Waals surface area contributed by atoms with Crippen molar-refractivity contribution in [3.05, 3.63) is 23.3 Å². The van der Waals surface area contributed by atoms with Gasteiger partial charge in [-0.3, -0.25) is 0 Å². The Kier molecular flexibility index (Phi) is 2.56. The Morgan fingerprint density at radius 3 is 2.79 bits per heavy atom. The minimum absolute atomic E-state index is 0.109. The van der Waals surface area contributed by atoms with Crippen LogP contribution in [-0.4, -0.2) is 31.4 Å². The molecule has 4 atom stereocenters. The Labute approximate surface area is 144 Å². The van der Waals surface area contributed by atoms with E-state index in [1.807, 2.05) is 7.11 Å². The summed E-state index contributed by atoms with van der Waals surface area (Å²) in [5.74, 6) is 1.86. The fourth-order valence-corrected chi connectivity index (χ4v) is 7.50. The first-order chi connectivity index (χ1) is 11.7. The molecule has 4 bridgehead atoms. The van der Waals surface area contributed by atoms with Crippen molar-refractivity contribution in [3.63, 3.8) is 0 Å². The van der Waals surface area contributed by atoms with Gasteiger partial charge >= 0.3 is 0 Å². The van der Waals surface area contributed by atoms with Crippen molar-refractivity contribution in [3.8, 4) is 11.5 Å². The molecular formula is C19H24NO3P. The van der Waals surface area contributed by atoms with Gasteiger partial charge in [-0.05, 0) is 62.1 Å². The SMILES string of the molecule is COC12CCC3(CC1)[C@H]1Cc4ccc(OP)c5c4[C@@]3(CCN1)[C@H]2O5. The van der Waals surface area contributed by atoms with Crippen molar-refractivity contribution in [2.75, 3.05) is 13.7 Å². The van der Waals surface area contributed by atoms with Crippen LogP contribution in [-0.2, 0) is 16.6 Å². The lowest BCUT2D eigenvalue weighted by Crippen LogP contribution is -2.78. The standard InChI is InChI=1S/C19H24NO3P/c1-21-18-6-4-17(5-7-18)13-10-11-2-3-12(23-24)15-14(11)19(17,8-9-20-13)16(18)22-15/h2-3,13,16,20H,4-10,24H2,1H3/t13-,16+,17?,18?,19+/m1/s1. The lowest BCUT2D eigenvalue weighted by Gasteiger charge is -2.70. The Balaban J connectivity index is 1.70. The topological polar surface area (TPSA) is 39.7 Å². The second-order valence-electron chi connectivity index (χ2n) is 8.40. The van der Waals surface area contributed by atoms with E-state index in [0.717, 1.165) is 43.7 Å². The molecule has 5 heteroatoms. The van der Waals surface area contributed by atoms with Crippen LogP contribution in [0.3, 0.4) is 0 Å². The van der Waals surface area contributed by atoms with Gasteiger partial charge in [-0.15, -0.1) is 0 Å². The van der Waals surface area contributed by atoms with Crippen molar-refractivity contribution in [2.24, 2.45) is 5.41 Å². The minimum Gasteiger partial charge on any atom is -0.482 e. The molecule has 3 saturated carbocycles. The van der Waals surface area contributed by atoms with Gasteiger partial charge in [-0.25, -0.2) is 0 Å². The smallest absolute Gasteiger partial charge is 0.166 e. The third kappa shape index (κ3) is 1.25. The molecule has 2 aliphatic heterocycles. The van der Waals surface area contributed by atoms with Crippen LogP contribution >= 0.6 is 9.47 Å². The summed E-state index contributed by atoms with van der Waals surface area (Å²) >= 11 is 0. The van der Waals surface area contributed by atoms with Crippen molar-refractivity contribution in [1.29, 1.82) is 0 Å². The number of fused-ring (bicyclic) bond motifs is 2. The summed E-state index contributed by atoms with van der Waals surface area (Å²) in [6, 6.07) is 4.92. The maximum Gasteiger partial charge on any atom is 0.166 e. The molecule has 1 aromatic carbocycles. The lowest BCUT2D eigenvalue weighted by molar-refractivity contribution is -0.235. The third-order valence-electron chi connectivity index (χ3n) is 8.23. The molecule has 0 amide bonds. The molecule has 4 nitrogen and oxygen atoms in total. The van der Waals surface area contributed by atoms with Gasteiger partial charge in [-0.1, -0.05) is 6.07 Å². The Morgan fingerprint density at radius 1 is 1.21 bits per heavy atom. The lowest BCUT2D eigenvalue weighted by atomic mass is 9.37. The van der Waals surface area contributed by atoms with Crippen molar-refractivity contribution >= 4 is 9.47 Å². The van der Waals surface area contributed by atoms with E-state index in [-0.39, 0.29) is 17.1 Å². The second-order valence-corrected chi connectivity index (χ2v) is 8.64. The number of methoxy groups -OCH3 is 1. The average molecular weight is 345 g/mol. The molecule has 4 fully saturated rings. The van der Waals surface area contributed by atoms with Crippen molar-refractivity contribution in [2.45, 2.75) is 61.7 Å². The molecule has 128 valence electrons. The van der Waals surface area contributed by atoms with Crippen molar-refractivity contribution < 1.29 is 14.0 Å². The zero-order valence-corrected chi connectivity index (χ0v) is 15.2. The quantitative estimate of drug-likeness (QED) is 0.837. The van der Waals surface area contributed by atoms with Gasteiger partial charge in [0, 0.05) is 24.1 Å². The van der Waals surface area contributed by atoms with Gasteiger partial charge in [0.05, 0.1) is 9.47 Å². The Morgan fingerprint density at radius 2 is 2.04 bits per heavy atom. The van der Waals surface area contributed by atoms with Crippen LogP contribution in [0.5, 0.6) is 11.5 Å². The number of benzene rings is 1. The highest BCUT2D eigenvalue weighted by Gasteiger charge is 2.77. The first-order valence-electron chi connectivity index (χ1n) is 9.19. The average Bonchev–Trinajstić information content (AvgIpc) is 2.98. The Bertz CT molecular complexity index is 742. The molecular weight excluding hydrogens is 321 g/mol. The first-order valence-corrected chi connectivity index (χ1v) is 9.66. The van der Waals surface area contributed by atoms with E-state index < -0.39 is 0 Å². The van der Waals surface area contributed by atoms with Gasteiger partial charge in [0.25, 0.3) is 0 Å². The van der Waals surface area contributed by atoms with E-state index in [2.05, 4.69) is 26.9 Å². The number of nitrogens with one attached hydrogen (secondary N) is 1. The summed E-state index contributed by atoms with van der Waals surface area (Å²) in [5.41, 5.74) is 3.23. The number of piperidine rings is 1. The van der Waals surface area contributed by atoms with Gasteiger partial charge in [-0.2, -0.15) is 0 Å². The van der Waals surface area contributed by atoms with Crippen LogP contribution in [0.2, 0.25) is 0 Å². The molecule has 1 unspecified atom stereocenters. The summed E-state index contributed by atoms with van der Waals surface area (Å²) in [7, 11) is 4.28. The van der Waals surface area contributed by atoms with E-state index in [4.69, 9.17) is 14.0 Å². The number of hydrogen-bond donors (Lipinski definition) is 1. The highest BCUT2D eigenvalue weighted by atomic mass is 31.0. The molecule has 1 aromatic rings. The largest absolute Gasteiger partial charge is 0.482 e. The number of ether oxygens (including phenoxy) is 2. The van der Waals surface area contributed by atoms with Crippen molar-refractivity contribution in [1.82, 2.24) is 5.32 Å². The summed E-state index contributed by atoms with van der Waals surface area (Å²) in [6.07, 6.45) is 7.16. The Hall–Kier alpha value is -0.830. The first kappa shape index (κ1) is 14.4. The van der Waals surface area contributed by atoms with Gasteiger partial charge in [0.15, 0.2) is 11.5 Å². The number of rotatable bonds is 2. The van der Waals surface area contributed by atoms with Crippen LogP contribution in [0.4, 0.5) is 0 Å². The highest BCUT2D eigenvalue weighted by Crippen LogP contribution is 2.74. The molecule has 4 aliphatic carbocycles. The maximum absolute atomic E-state index is 6.73. The zero-order chi connectivity index (χ0) is 16.2. The normalized spacial score (nSPS) is 46.4. The van der Waals surface area contributed by atoms with Crippen LogP contribution in [0.1, 0.15) is 43.2 Å². The molecule has 2 heterocycles. The van der Waals surface area contributed by atoms with E-state index in [1.165, 1.54) is 24.0 Å².